The fraction of sp³-hybridized carbons (Fsp3) is 0.947. The average Bonchev–Trinajstić information content (AvgIpc) is 2.55. The second-order valence-corrected chi connectivity index (χ2v) is 7.32. The van der Waals surface area contributed by atoms with Gasteiger partial charge in [0.2, 0.25) is 0 Å². The first-order chi connectivity index (χ1) is 10.3. The Morgan fingerprint density at radius 3 is 2.19 bits per heavy atom. The zero-order chi connectivity index (χ0) is 14.9. The van der Waals surface area contributed by atoms with E-state index in [0.29, 0.717) is 5.92 Å². The summed E-state index contributed by atoms with van der Waals surface area (Å²) in [6.45, 7) is 4.93. The second kappa shape index (κ2) is 9.46. The number of unbranched alkanes of at least 4 members (excludes halogenated alkanes) is 4. The molecule has 0 atom stereocenters. The van der Waals surface area contributed by atoms with Crippen molar-refractivity contribution in [1.82, 2.24) is 4.90 Å². The minimum absolute atomic E-state index is 0.349. The lowest BCUT2D eigenvalue weighted by atomic mass is 9.84. The van der Waals surface area contributed by atoms with Gasteiger partial charge in [-0.25, -0.2) is 0 Å². The van der Waals surface area contributed by atoms with Crippen molar-refractivity contribution in [3.63, 3.8) is 0 Å². The summed E-state index contributed by atoms with van der Waals surface area (Å²) in [5.41, 5.74) is 0. The van der Waals surface area contributed by atoms with Crippen molar-refractivity contribution in [2.75, 3.05) is 13.1 Å². The summed E-state index contributed by atoms with van der Waals surface area (Å²) in [6.07, 6.45) is 16.2. The van der Waals surface area contributed by atoms with Gasteiger partial charge in [-0.15, -0.1) is 0 Å². The molecule has 2 rings (SSSR count). The van der Waals surface area contributed by atoms with Gasteiger partial charge < -0.3 is 4.90 Å². The molecule has 120 valence electrons. The second-order valence-electron chi connectivity index (χ2n) is 7.32. The summed E-state index contributed by atoms with van der Waals surface area (Å²) in [4.78, 5) is 2.74. The number of rotatable bonds is 7. The van der Waals surface area contributed by atoms with E-state index >= 15 is 0 Å². The van der Waals surface area contributed by atoms with Crippen LogP contribution in [0.25, 0.3) is 0 Å². The molecule has 0 bridgehead atoms. The largest absolute Gasteiger partial charge is 0.300 e. The number of hydrogen-bond donors (Lipinski definition) is 0. The maximum absolute atomic E-state index is 9.00. The van der Waals surface area contributed by atoms with E-state index in [-0.39, 0.29) is 0 Å². The van der Waals surface area contributed by atoms with Crippen molar-refractivity contribution < 1.29 is 0 Å². The van der Waals surface area contributed by atoms with E-state index in [4.69, 9.17) is 5.26 Å². The van der Waals surface area contributed by atoms with E-state index in [9.17, 15) is 0 Å². The van der Waals surface area contributed by atoms with Gasteiger partial charge in [0.05, 0.1) is 6.07 Å². The molecule has 1 saturated heterocycles. The molecule has 2 heteroatoms. The molecule has 1 aliphatic heterocycles. The van der Waals surface area contributed by atoms with E-state index in [1.807, 2.05) is 0 Å². The van der Waals surface area contributed by atoms with Crippen LogP contribution in [0.1, 0.15) is 84.0 Å². The molecule has 0 aromatic rings. The molecule has 0 unspecified atom stereocenters. The van der Waals surface area contributed by atoms with Crippen molar-refractivity contribution in [2.45, 2.75) is 90.0 Å². The summed E-state index contributed by atoms with van der Waals surface area (Å²) >= 11 is 0. The molecule has 21 heavy (non-hydrogen) atoms. The minimum Gasteiger partial charge on any atom is -0.300 e. The maximum atomic E-state index is 9.00. The van der Waals surface area contributed by atoms with Crippen molar-refractivity contribution in [3.05, 3.63) is 0 Å². The summed E-state index contributed by atoms with van der Waals surface area (Å²) in [5.74, 6) is 1.35. The van der Waals surface area contributed by atoms with E-state index < -0.39 is 0 Å². The predicted octanol–water partition coefficient (Wildman–Crippen LogP) is 5.14. The van der Waals surface area contributed by atoms with Crippen LogP contribution in [-0.4, -0.2) is 24.0 Å². The standard InChI is InChI=1S/C19H34N2/c1-2-3-4-5-6-7-17-12-14-21(15-13-17)19-10-8-18(16-20)9-11-19/h17-19H,2-15H2,1H3. The quantitative estimate of drug-likeness (QED) is 0.607. The Hall–Kier alpha value is -0.550. The van der Waals surface area contributed by atoms with Crippen LogP contribution in [0.5, 0.6) is 0 Å². The molecule has 0 N–H and O–H groups in total. The molecule has 1 heterocycles. The third-order valence-electron chi connectivity index (χ3n) is 5.76. The first-order valence-electron chi connectivity index (χ1n) is 9.47. The molecule has 1 aliphatic carbocycles. The third kappa shape index (κ3) is 5.62. The fourth-order valence-corrected chi connectivity index (χ4v) is 4.21. The van der Waals surface area contributed by atoms with Gasteiger partial charge in [-0.2, -0.15) is 5.26 Å². The maximum Gasteiger partial charge on any atom is 0.0655 e. The molecule has 0 aromatic carbocycles. The highest BCUT2D eigenvalue weighted by atomic mass is 15.2. The number of likely N-dealkylation sites (tertiary alicyclic amines) is 1. The molecule has 1 saturated carbocycles. The van der Waals surface area contributed by atoms with E-state index in [0.717, 1.165) is 24.8 Å². The van der Waals surface area contributed by atoms with Gasteiger partial charge in [0.15, 0.2) is 0 Å². The van der Waals surface area contributed by atoms with Crippen LogP contribution in [0.2, 0.25) is 0 Å². The van der Waals surface area contributed by atoms with Gasteiger partial charge in [-0.3, -0.25) is 0 Å². The molecule has 2 nitrogen and oxygen atoms in total. The summed E-state index contributed by atoms with van der Waals surface area (Å²) in [7, 11) is 0. The highest BCUT2D eigenvalue weighted by Gasteiger charge is 2.28. The van der Waals surface area contributed by atoms with E-state index in [1.165, 1.54) is 77.3 Å². The smallest absolute Gasteiger partial charge is 0.0655 e. The molecular weight excluding hydrogens is 256 g/mol. The Morgan fingerprint density at radius 2 is 1.57 bits per heavy atom. The Labute approximate surface area is 131 Å². The van der Waals surface area contributed by atoms with Crippen molar-refractivity contribution >= 4 is 0 Å². The van der Waals surface area contributed by atoms with Crippen LogP contribution in [0.15, 0.2) is 0 Å². The SMILES string of the molecule is CCCCCCCC1CCN(C2CCC(C#N)CC2)CC1. The monoisotopic (exact) mass is 290 g/mol. The fourth-order valence-electron chi connectivity index (χ4n) is 4.21. The lowest BCUT2D eigenvalue weighted by Gasteiger charge is -2.40. The van der Waals surface area contributed by atoms with Gasteiger partial charge in [0.25, 0.3) is 0 Å². The molecule has 0 amide bonds. The van der Waals surface area contributed by atoms with Crippen molar-refractivity contribution in [1.29, 1.82) is 5.26 Å². The van der Waals surface area contributed by atoms with Crippen molar-refractivity contribution in [2.24, 2.45) is 11.8 Å². The summed E-state index contributed by atoms with van der Waals surface area (Å²) in [5, 5.41) is 9.00. The van der Waals surface area contributed by atoms with Gasteiger partial charge in [-0.1, -0.05) is 45.4 Å². The number of nitriles is 1. The van der Waals surface area contributed by atoms with Gasteiger partial charge >= 0.3 is 0 Å². The zero-order valence-electron chi connectivity index (χ0n) is 14.0. The van der Waals surface area contributed by atoms with Crippen molar-refractivity contribution in [3.8, 4) is 6.07 Å². The van der Waals surface area contributed by atoms with Crippen LogP contribution < -0.4 is 0 Å². The molecule has 0 aromatic heterocycles. The zero-order valence-corrected chi connectivity index (χ0v) is 14.0. The molecular formula is C19H34N2. The molecule has 0 spiro atoms. The normalized spacial score (nSPS) is 28.4. The van der Waals surface area contributed by atoms with Gasteiger partial charge in [-0.05, 0) is 57.5 Å². The molecule has 2 fully saturated rings. The Morgan fingerprint density at radius 1 is 0.905 bits per heavy atom. The lowest BCUT2D eigenvalue weighted by molar-refractivity contribution is 0.0975. The lowest BCUT2D eigenvalue weighted by Crippen LogP contribution is -2.43. The molecule has 2 aliphatic rings. The third-order valence-corrected chi connectivity index (χ3v) is 5.76. The summed E-state index contributed by atoms with van der Waals surface area (Å²) < 4.78 is 0. The molecule has 0 radical (unpaired) electrons. The predicted molar refractivity (Wildman–Crippen MR) is 89.0 cm³/mol. The highest BCUT2D eigenvalue weighted by Crippen LogP contribution is 2.31. The van der Waals surface area contributed by atoms with E-state index in [2.05, 4.69) is 17.9 Å². The Bertz CT molecular complexity index is 304. The number of piperidine rings is 1. The van der Waals surface area contributed by atoms with Crippen LogP contribution in [0.4, 0.5) is 0 Å². The van der Waals surface area contributed by atoms with Crippen LogP contribution in [0, 0.1) is 23.2 Å². The average molecular weight is 290 g/mol. The first kappa shape index (κ1) is 16.8. The number of hydrogen-bond acceptors (Lipinski definition) is 2. The summed E-state index contributed by atoms with van der Waals surface area (Å²) in [6, 6.07) is 3.25. The van der Waals surface area contributed by atoms with Gasteiger partial charge in [0, 0.05) is 12.0 Å². The Balaban J connectivity index is 1.57. The first-order valence-corrected chi connectivity index (χ1v) is 9.47. The Kier molecular flexibility index (Phi) is 7.58. The van der Waals surface area contributed by atoms with Crippen LogP contribution in [0.3, 0.4) is 0 Å². The topological polar surface area (TPSA) is 27.0 Å². The highest BCUT2D eigenvalue weighted by molar-refractivity contribution is 4.90. The number of nitrogens with zero attached hydrogens (tertiary/aromatic N) is 2. The van der Waals surface area contributed by atoms with E-state index in [1.54, 1.807) is 0 Å². The van der Waals surface area contributed by atoms with Gasteiger partial charge in [0.1, 0.15) is 0 Å². The minimum atomic E-state index is 0.349. The van der Waals surface area contributed by atoms with Crippen LogP contribution in [-0.2, 0) is 0 Å². The van der Waals surface area contributed by atoms with Crippen LogP contribution >= 0.6 is 0 Å².